The fourth-order valence-corrected chi connectivity index (χ4v) is 1.34. The summed E-state index contributed by atoms with van der Waals surface area (Å²) in [6.45, 7) is 3.98. The van der Waals surface area contributed by atoms with Crippen molar-refractivity contribution in [1.82, 2.24) is 9.97 Å². The van der Waals surface area contributed by atoms with E-state index in [1.54, 1.807) is 24.5 Å². The minimum atomic E-state index is 0.425. The zero-order chi connectivity index (χ0) is 10.7. The van der Waals surface area contributed by atoms with Gasteiger partial charge in [-0.1, -0.05) is 12.7 Å². The van der Waals surface area contributed by atoms with Crippen molar-refractivity contribution >= 4 is 17.3 Å². The van der Waals surface area contributed by atoms with Crippen molar-refractivity contribution in [2.75, 3.05) is 6.61 Å². The number of H-pyrrole nitrogens is 1. The molecule has 1 N–H and O–H groups in total. The number of carbonyl (C=O) groups excluding carboxylic acids is 1. The highest BCUT2D eigenvalue weighted by Crippen LogP contribution is 2.20. The summed E-state index contributed by atoms with van der Waals surface area (Å²) in [7, 11) is 0. The number of ether oxygens (including phenoxy) is 1. The average Bonchev–Trinajstić information content (AvgIpc) is 2.68. The van der Waals surface area contributed by atoms with E-state index < -0.39 is 0 Å². The lowest BCUT2D eigenvalue weighted by Crippen LogP contribution is -1.93. The van der Waals surface area contributed by atoms with Gasteiger partial charge in [-0.05, 0) is 6.07 Å². The summed E-state index contributed by atoms with van der Waals surface area (Å²) in [5.74, 6) is 0.630. The molecule has 0 radical (unpaired) electrons. The number of fused-ring (bicyclic) bond motifs is 1. The first-order valence-electron chi connectivity index (χ1n) is 4.51. The maximum absolute atomic E-state index is 10.7. The Morgan fingerprint density at radius 1 is 1.60 bits per heavy atom. The smallest absolute Gasteiger partial charge is 0.152 e. The number of nitrogens with zero attached hydrogens (tertiary/aromatic N) is 1. The first-order chi connectivity index (χ1) is 7.35. The molecule has 0 aliphatic carbocycles. The number of carbonyl (C=O) groups is 1. The van der Waals surface area contributed by atoms with Gasteiger partial charge in [-0.3, -0.25) is 4.79 Å². The zero-order valence-electron chi connectivity index (χ0n) is 8.06. The van der Waals surface area contributed by atoms with Gasteiger partial charge >= 0.3 is 0 Å². The van der Waals surface area contributed by atoms with E-state index in [-0.39, 0.29) is 0 Å². The predicted octanol–water partition coefficient (Wildman–Crippen LogP) is 1.94. The molecule has 0 aliphatic heterocycles. The molecule has 2 rings (SSSR count). The highest BCUT2D eigenvalue weighted by atomic mass is 16.5. The van der Waals surface area contributed by atoms with Crippen LogP contribution in [-0.2, 0) is 0 Å². The lowest BCUT2D eigenvalue weighted by atomic mass is 10.2. The number of aromatic nitrogens is 2. The first-order valence-corrected chi connectivity index (χ1v) is 4.51. The van der Waals surface area contributed by atoms with Gasteiger partial charge in [0.05, 0.1) is 6.20 Å². The van der Waals surface area contributed by atoms with Crippen molar-refractivity contribution < 1.29 is 9.53 Å². The second kappa shape index (κ2) is 3.96. The van der Waals surface area contributed by atoms with Crippen LogP contribution in [0.1, 0.15) is 10.4 Å². The molecular weight excluding hydrogens is 192 g/mol. The Labute approximate surface area is 86.6 Å². The number of nitrogens with one attached hydrogen (secondary N) is 1. The molecular formula is C11H10N2O2. The van der Waals surface area contributed by atoms with E-state index in [0.717, 1.165) is 11.7 Å². The Hall–Kier alpha value is -2.10. The minimum absolute atomic E-state index is 0.425. The van der Waals surface area contributed by atoms with Gasteiger partial charge in [-0.2, -0.15) is 0 Å². The molecule has 2 aromatic heterocycles. The Balaban J connectivity index is 2.43. The lowest BCUT2D eigenvalue weighted by Gasteiger charge is -2.01. The van der Waals surface area contributed by atoms with Crippen LogP contribution in [0.25, 0.3) is 11.0 Å². The largest absolute Gasteiger partial charge is 0.488 e. The molecule has 2 aromatic rings. The normalized spacial score (nSPS) is 10.1. The van der Waals surface area contributed by atoms with Crippen LogP contribution < -0.4 is 4.74 Å². The Kier molecular flexibility index (Phi) is 2.49. The molecule has 0 saturated carbocycles. The van der Waals surface area contributed by atoms with Gasteiger partial charge in [0.15, 0.2) is 6.29 Å². The quantitative estimate of drug-likeness (QED) is 0.609. The summed E-state index contributed by atoms with van der Waals surface area (Å²) >= 11 is 0. The van der Waals surface area contributed by atoms with Gasteiger partial charge in [0.1, 0.15) is 18.0 Å². The van der Waals surface area contributed by atoms with Crippen LogP contribution >= 0.6 is 0 Å². The molecule has 76 valence electrons. The summed E-state index contributed by atoms with van der Waals surface area (Å²) in [5.41, 5.74) is 1.27. The predicted molar refractivity (Wildman–Crippen MR) is 57.2 cm³/mol. The molecule has 4 nitrogen and oxygen atoms in total. The van der Waals surface area contributed by atoms with Gasteiger partial charge in [0, 0.05) is 17.1 Å². The fraction of sp³-hybridized carbons (Fsp3) is 0.0909. The summed E-state index contributed by atoms with van der Waals surface area (Å²) in [6, 6.07) is 1.78. The van der Waals surface area contributed by atoms with Gasteiger partial charge < -0.3 is 9.72 Å². The van der Waals surface area contributed by atoms with Crippen LogP contribution in [0.15, 0.2) is 31.1 Å². The Morgan fingerprint density at radius 2 is 2.47 bits per heavy atom. The van der Waals surface area contributed by atoms with Crippen LogP contribution in [0.4, 0.5) is 0 Å². The van der Waals surface area contributed by atoms with E-state index in [1.165, 1.54) is 0 Å². The summed E-state index contributed by atoms with van der Waals surface area (Å²) in [6.07, 6.45) is 5.68. The summed E-state index contributed by atoms with van der Waals surface area (Å²) in [5, 5.41) is 0.770. The van der Waals surface area contributed by atoms with Crippen LogP contribution in [0, 0.1) is 0 Å². The number of aromatic amines is 1. The maximum atomic E-state index is 10.7. The topological polar surface area (TPSA) is 55.0 Å². The van der Waals surface area contributed by atoms with E-state index in [9.17, 15) is 4.79 Å². The summed E-state index contributed by atoms with van der Waals surface area (Å²) in [4.78, 5) is 17.7. The van der Waals surface area contributed by atoms with Gasteiger partial charge in [-0.15, -0.1) is 0 Å². The molecule has 0 atom stereocenters. The SMILES string of the molecule is C=CCOc1cnc2[nH]cc(C=O)c2c1. The Morgan fingerprint density at radius 3 is 3.20 bits per heavy atom. The molecule has 0 bridgehead atoms. The second-order valence-electron chi connectivity index (χ2n) is 3.03. The number of rotatable bonds is 4. The maximum Gasteiger partial charge on any atom is 0.152 e. The van der Waals surface area contributed by atoms with Gasteiger partial charge in [0.25, 0.3) is 0 Å². The monoisotopic (exact) mass is 202 g/mol. The third-order valence-corrected chi connectivity index (χ3v) is 2.03. The number of hydrogen-bond acceptors (Lipinski definition) is 3. The van der Waals surface area contributed by atoms with Crippen LogP contribution in [0.3, 0.4) is 0 Å². The van der Waals surface area contributed by atoms with E-state index in [4.69, 9.17) is 4.74 Å². The number of pyridine rings is 1. The van der Waals surface area contributed by atoms with E-state index in [0.29, 0.717) is 23.6 Å². The van der Waals surface area contributed by atoms with Crippen LogP contribution in [0.5, 0.6) is 5.75 Å². The highest BCUT2D eigenvalue weighted by molar-refractivity contribution is 5.96. The molecule has 0 fully saturated rings. The zero-order valence-corrected chi connectivity index (χ0v) is 8.06. The molecule has 2 heterocycles. The number of aldehydes is 1. The molecule has 0 aliphatic rings. The molecule has 0 unspecified atom stereocenters. The van der Waals surface area contributed by atoms with Crippen molar-refractivity contribution in [2.24, 2.45) is 0 Å². The molecule has 15 heavy (non-hydrogen) atoms. The van der Waals surface area contributed by atoms with E-state index >= 15 is 0 Å². The highest BCUT2D eigenvalue weighted by Gasteiger charge is 2.04. The summed E-state index contributed by atoms with van der Waals surface area (Å²) < 4.78 is 5.32. The Bertz CT molecular complexity index is 502. The standard InChI is InChI=1S/C11H10N2O2/c1-2-3-15-9-4-10-8(7-14)5-12-11(10)13-6-9/h2,4-7H,1,3H2,(H,12,13). The molecule has 4 heteroatoms. The molecule has 0 spiro atoms. The van der Waals surface area contributed by atoms with Crippen molar-refractivity contribution in [3.05, 3.63) is 36.7 Å². The van der Waals surface area contributed by atoms with Crippen molar-refractivity contribution in [3.8, 4) is 5.75 Å². The van der Waals surface area contributed by atoms with E-state index in [2.05, 4.69) is 16.5 Å². The fourth-order valence-electron chi connectivity index (χ4n) is 1.34. The van der Waals surface area contributed by atoms with Crippen molar-refractivity contribution in [2.45, 2.75) is 0 Å². The average molecular weight is 202 g/mol. The number of hydrogen-bond donors (Lipinski definition) is 1. The van der Waals surface area contributed by atoms with Crippen molar-refractivity contribution in [1.29, 1.82) is 0 Å². The third-order valence-electron chi connectivity index (χ3n) is 2.03. The van der Waals surface area contributed by atoms with Crippen LogP contribution in [0.2, 0.25) is 0 Å². The lowest BCUT2D eigenvalue weighted by molar-refractivity contribution is 0.112. The first kappa shape index (κ1) is 9.45. The molecule has 0 amide bonds. The van der Waals surface area contributed by atoms with Gasteiger partial charge in [-0.25, -0.2) is 4.98 Å². The van der Waals surface area contributed by atoms with E-state index in [1.807, 2.05) is 0 Å². The molecule has 0 aromatic carbocycles. The van der Waals surface area contributed by atoms with Crippen molar-refractivity contribution in [3.63, 3.8) is 0 Å². The third kappa shape index (κ3) is 1.74. The molecule has 0 saturated heterocycles. The van der Waals surface area contributed by atoms with Crippen LogP contribution in [-0.4, -0.2) is 22.9 Å². The second-order valence-corrected chi connectivity index (χ2v) is 3.03. The minimum Gasteiger partial charge on any atom is -0.488 e. The van der Waals surface area contributed by atoms with Gasteiger partial charge in [0.2, 0.25) is 0 Å².